The van der Waals surface area contributed by atoms with Crippen molar-refractivity contribution in [2.24, 2.45) is 5.92 Å². The van der Waals surface area contributed by atoms with E-state index >= 15 is 0 Å². The molecule has 2 rings (SSSR count). The molecule has 1 aromatic rings. The lowest BCUT2D eigenvalue weighted by Gasteiger charge is -2.21. The van der Waals surface area contributed by atoms with Gasteiger partial charge in [0.25, 0.3) is 0 Å². The Morgan fingerprint density at radius 2 is 1.95 bits per heavy atom. The summed E-state index contributed by atoms with van der Waals surface area (Å²) >= 11 is 0. The monoisotopic (exact) mass is 290 g/mol. The Balaban J connectivity index is 1.78. The van der Waals surface area contributed by atoms with Gasteiger partial charge in [-0.05, 0) is 49.4 Å². The first-order valence-electron chi connectivity index (χ1n) is 8.36. The maximum atomic E-state index is 5.71. The van der Waals surface area contributed by atoms with Crippen molar-refractivity contribution in [3.05, 3.63) is 29.8 Å². The molecule has 0 amide bonds. The second-order valence-electron chi connectivity index (χ2n) is 6.05. The van der Waals surface area contributed by atoms with Crippen LogP contribution in [0.25, 0.3) is 0 Å². The quantitative estimate of drug-likeness (QED) is 0.666. The van der Waals surface area contributed by atoms with Gasteiger partial charge in [-0.15, -0.1) is 0 Å². The standard InChI is InChI=1S/C18H30N2O/c1-4-18(19-5-2)16-8-10-17(11-9-16)20(3)12-13-21-14-15-6-7-15/h8-11,15,18-19H,4-7,12-14H2,1-3H3. The Bertz CT molecular complexity index is 400. The van der Waals surface area contributed by atoms with E-state index < -0.39 is 0 Å². The van der Waals surface area contributed by atoms with Crippen molar-refractivity contribution in [2.45, 2.75) is 39.2 Å². The van der Waals surface area contributed by atoms with Crippen LogP contribution in [0.2, 0.25) is 0 Å². The van der Waals surface area contributed by atoms with Gasteiger partial charge in [0.05, 0.1) is 6.61 Å². The zero-order valence-electron chi connectivity index (χ0n) is 13.8. The van der Waals surface area contributed by atoms with Crippen LogP contribution in [0.5, 0.6) is 0 Å². The number of hydrogen-bond acceptors (Lipinski definition) is 3. The van der Waals surface area contributed by atoms with Crippen LogP contribution >= 0.6 is 0 Å². The smallest absolute Gasteiger partial charge is 0.0641 e. The average molecular weight is 290 g/mol. The summed E-state index contributed by atoms with van der Waals surface area (Å²) < 4.78 is 5.71. The Morgan fingerprint density at radius 3 is 2.52 bits per heavy atom. The highest BCUT2D eigenvalue weighted by atomic mass is 16.5. The Labute approximate surface area is 129 Å². The van der Waals surface area contributed by atoms with E-state index in [2.05, 4.69) is 55.4 Å². The molecule has 0 heterocycles. The number of likely N-dealkylation sites (N-methyl/N-ethyl adjacent to an activating group) is 1. The second kappa shape index (κ2) is 8.40. The molecule has 0 radical (unpaired) electrons. The molecule has 1 unspecified atom stereocenters. The summed E-state index contributed by atoms with van der Waals surface area (Å²) in [6, 6.07) is 9.39. The Kier molecular flexibility index (Phi) is 6.52. The zero-order chi connectivity index (χ0) is 15.1. The van der Waals surface area contributed by atoms with E-state index in [0.29, 0.717) is 6.04 Å². The molecule has 0 spiro atoms. The van der Waals surface area contributed by atoms with Gasteiger partial charge in [-0.25, -0.2) is 0 Å². The largest absolute Gasteiger partial charge is 0.379 e. The number of nitrogens with zero attached hydrogens (tertiary/aromatic N) is 1. The molecule has 1 atom stereocenters. The molecule has 1 aliphatic rings. The minimum absolute atomic E-state index is 0.469. The van der Waals surface area contributed by atoms with Crippen LogP contribution in [0.15, 0.2) is 24.3 Å². The van der Waals surface area contributed by atoms with Gasteiger partial charge in [-0.3, -0.25) is 0 Å². The fourth-order valence-electron chi connectivity index (χ4n) is 2.57. The van der Waals surface area contributed by atoms with Crippen LogP contribution in [0.4, 0.5) is 5.69 Å². The highest BCUT2D eigenvalue weighted by Crippen LogP contribution is 2.28. The lowest BCUT2D eigenvalue weighted by molar-refractivity contribution is 0.131. The minimum atomic E-state index is 0.469. The number of anilines is 1. The molecule has 118 valence electrons. The number of nitrogens with one attached hydrogen (secondary N) is 1. The van der Waals surface area contributed by atoms with Crippen molar-refractivity contribution in [2.75, 3.05) is 38.3 Å². The van der Waals surface area contributed by atoms with Crippen LogP contribution in [-0.4, -0.2) is 33.4 Å². The van der Waals surface area contributed by atoms with E-state index in [4.69, 9.17) is 4.74 Å². The van der Waals surface area contributed by atoms with Crippen LogP contribution in [0.3, 0.4) is 0 Å². The van der Waals surface area contributed by atoms with Gasteiger partial charge in [0.1, 0.15) is 0 Å². The summed E-state index contributed by atoms with van der Waals surface area (Å²) in [6.07, 6.45) is 3.85. The van der Waals surface area contributed by atoms with Crippen LogP contribution in [0.1, 0.15) is 44.7 Å². The third kappa shape index (κ3) is 5.33. The highest BCUT2D eigenvalue weighted by molar-refractivity contribution is 5.47. The molecule has 3 nitrogen and oxygen atoms in total. The summed E-state index contributed by atoms with van der Waals surface area (Å²) in [5, 5.41) is 3.52. The van der Waals surface area contributed by atoms with Gasteiger partial charge < -0.3 is 15.0 Å². The highest BCUT2D eigenvalue weighted by Gasteiger charge is 2.20. The molecule has 0 saturated heterocycles. The van der Waals surface area contributed by atoms with Gasteiger partial charge >= 0.3 is 0 Å². The van der Waals surface area contributed by atoms with Gasteiger partial charge in [0.15, 0.2) is 0 Å². The fraction of sp³-hybridized carbons (Fsp3) is 0.667. The Hall–Kier alpha value is -1.06. The molecule has 1 aromatic carbocycles. The van der Waals surface area contributed by atoms with Crippen molar-refractivity contribution in [3.63, 3.8) is 0 Å². The minimum Gasteiger partial charge on any atom is -0.379 e. The molecule has 21 heavy (non-hydrogen) atoms. The van der Waals surface area contributed by atoms with Crippen molar-refractivity contribution in [1.82, 2.24) is 5.32 Å². The first-order valence-corrected chi connectivity index (χ1v) is 8.36. The van der Waals surface area contributed by atoms with Crippen molar-refractivity contribution in [3.8, 4) is 0 Å². The molecule has 0 aromatic heterocycles. The zero-order valence-corrected chi connectivity index (χ0v) is 13.8. The van der Waals surface area contributed by atoms with E-state index in [0.717, 1.165) is 38.6 Å². The molecular formula is C18H30N2O. The lowest BCUT2D eigenvalue weighted by atomic mass is 10.0. The van der Waals surface area contributed by atoms with Gasteiger partial charge in [0.2, 0.25) is 0 Å². The first-order chi connectivity index (χ1) is 10.2. The van der Waals surface area contributed by atoms with Gasteiger partial charge in [0, 0.05) is 31.9 Å². The molecule has 0 bridgehead atoms. The molecule has 1 saturated carbocycles. The van der Waals surface area contributed by atoms with Crippen molar-refractivity contribution >= 4 is 5.69 Å². The lowest BCUT2D eigenvalue weighted by Crippen LogP contribution is -2.23. The van der Waals surface area contributed by atoms with Crippen LogP contribution in [-0.2, 0) is 4.74 Å². The predicted molar refractivity (Wildman–Crippen MR) is 90.0 cm³/mol. The molecule has 1 aliphatic carbocycles. The van der Waals surface area contributed by atoms with E-state index in [1.165, 1.54) is 24.1 Å². The summed E-state index contributed by atoms with van der Waals surface area (Å²) in [5.41, 5.74) is 2.64. The molecule has 0 aliphatic heterocycles. The third-order valence-electron chi connectivity index (χ3n) is 4.22. The number of rotatable bonds is 10. The molecule has 3 heteroatoms. The SMILES string of the molecule is CCNC(CC)c1ccc(N(C)CCOCC2CC2)cc1. The third-order valence-corrected chi connectivity index (χ3v) is 4.22. The van der Waals surface area contributed by atoms with Crippen molar-refractivity contribution in [1.29, 1.82) is 0 Å². The second-order valence-corrected chi connectivity index (χ2v) is 6.05. The fourth-order valence-corrected chi connectivity index (χ4v) is 2.57. The maximum Gasteiger partial charge on any atom is 0.0641 e. The van der Waals surface area contributed by atoms with E-state index in [1.807, 2.05) is 0 Å². The van der Waals surface area contributed by atoms with Crippen molar-refractivity contribution < 1.29 is 4.74 Å². The Morgan fingerprint density at radius 1 is 1.24 bits per heavy atom. The van der Waals surface area contributed by atoms with E-state index in [-0.39, 0.29) is 0 Å². The predicted octanol–water partition coefficient (Wildman–Crippen LogP) is 3.61. The molecule has 1 fully saturated rings. The first kappa shape index (κ1) is 16.3. The van der Waals surface area contributed by atoms with Crippen LogP contribution in [0, 0.1) is 5.92 Å². The summed E-state index contributed by atoms with van der Waals surface area (Å²) in [7, 11) is 2.14. The topological polar surface area (TPSA) is 24.5 Å². The van der Waals surface area contributed by atoms with Gasteiger partial charge in [-0.2, -0.15) is 0 Å². The summed E-state index contributed by atoms with van der Waals surface area (Å²) in [6.45, 7) is 8.13. The average Bonchev–Trinajstić information content (AvgIpc) is 3.33. The van der Waals surface area contributed by atoms with E-state index in [9.17, 15) is 0 Å². The van der Waals surface area contributed by atoms with Gasteiger partial charge in [-0.1, -0.05) is 26.0 Å². The normalized spacial score (nSPS) is 16.0. The summed E-state index contributed by atoms with van der Waals surface area (Å²) in [5.74, 6) is 0.853. The maximum absolute atomic E-state index is 5.71. The summed E-state index contributed by atoms with van der Waals surface area (Å²) in [4.78, 5) is 2.27. The van der Waals surface area contributed by atoms with E-state index in [1.54, 1.807) is 0 Å². The molecular weight excluding hydrogens is 260 g/mol. The number of hydrogen-bond donors (Lipinski definition) is 1. The molecule has 1 N–H and O–H groups in total. The number of benzene rings is 1. The number of ether oxygens (including phenoxy) is 1. The van der Waals surface area contributed by atoms with Crippen LogP contribution < -0.4 is 10.2 Å².